The molecular weight excluding hydrogens is 254 g/mol. The zero-order valence-corrected chi connectivity index (χ0v) is 11.8. The zero-order valence-electron chi connectivity index (χ0n) is 11.0. The van der Waals surface area contributed by atoms with Crippen molar-refractivity contribution in [3.63, 3.8) is 0 Å². The first kappa shape index (κ1) is 15.3. The van der Waals surface area contributed by atoms with Crippen LogP contribution in [0.5, 0.6) is 0 Å². The van der Waals surface area contributed by atoms with E-state index in [1.807, 2.05) is 0 Å². The van der Waals surface area contributed by atoms with Crippen LogP contribution < -0.4 is 0 Å². The molecule has 0 unspecified atom stereocenters. The first-order valence-electron chi connectivity index (χ1n) is 6.07. The molecular formula is C12H21NO4S. The number of methoxy groups -OCH3 is 1. The third-order valence-corrected chi connectivity index (χ3v) is 4.30. The van der Waals surface area contributed by atoms with E-state index in [1.165, 1.54) is 0 Å². The van der Waals surface area contributed by atoms with Gasteiger partial charge in [0.1, 0.15) is 0 Å². The predicted octanol–water partition coefficient (Wildman–Crippen LogP) is 1.08. The van der Waals surface area contributed by atoms with Crippen LogP contribution in [0, 0.1) is 5.41 Å². The summed E-state index contributed by atoms with van der Waals surface area (Å²) in [6, 6.07) is 0. The van der Waals surface area contributed by atoms with Crippen LogP contribution in [-0.4, -0.2) is 60.2 Å². The molecule has 1 saturated heterocycles. The van der Waals surface area contributed by atoms with Crippen LogP contribution in [0.15, 0.2) is 0 Å². The molecule has 0 spiro atoms. The molecule has 0 radical (unpaired) electrons. The van der Waals surface area contributed by atoms with Crippen molar-refractivity contribution in [2.75, 3.05) is 38.3 Å². The van der Waals surface area contributed by atoms with Gasteiger partial charge in [-0.2, -0.15) is 0 Å². The molecule has 1 heterocycles. The second-order valence-electron chi connectivity index (χ2n) is 4.79. The molecule has 0 aliphatic carbocycles. The van der Waals surface area contributed by atoms with Crippen molar-refractivity contribution in [3.05, 3.63) is 0 Å². The molecule has 1 aliphatic rings. The van der Waals surface area contributed by atoms with Gasteiger partial charge in [-0.1, -0.05) is 0 Å². The van der Waals surface area contributed by atoms with Crippen molar-refractivity contribution in [2.45, 2.75) is 19.8 Å². The Kier molecular flexibility index (Phi) is 5.95. The topological polar surface area (TPSA) is 66.8 Å². The number of likely N-dealkylation sites (tertiary alicyclic amines) is 1. The lowest BCUT2D eigenvalue weighted by Crippen LogP contribution is -2.45. The molecule has 1 aliphatic heterocycles. The summed E-state index contributed by atoms with van der Waals surface area (Å²) >= 11 is 1.55. The summed E-state index contributed by atoms with van der Waals surface area (Å²) in [6.07, 6.45) is 1.08. The van der Waals surface area contributed by atoms with E-state index < -0.39 is 11.4 Å². The number of thioether (sulfide) groups is 1. The Morgan fingerprint density at radius 2 is 2.00 bits per heavy atom. The Bertz CT molecular complexity index is 300. The fourth-order valence-corrected chi connectivity index (χ4v) is 2.64. The van der Waals surface area contributed by atoms with E-state index in [9.17, 15) is 9.59 Å². The summed E-state index contributed by atoms with van der Waals surface area (Å²) < 4.78 is 4.91. The molecule has 6 heteroatoms. The van der Waals surface area contributed by atoms with Gasteiger partial charge in [-0.05, 0) is 19.8 Å². The number of carbonyl (C=O) groups is 2. The smallest absolute Gasteiger partial charge is 0.309 e. The minimum atomic E-state index is -0.760. The average molecular weight is 275 g/mol. The molecule has 104 valence electrons. The summed E-state index contributed by atoms with van der Waals surface area (Å²) in [7, 11) is 1.64. The van der Waals surface area contributed by atoms with E-state index in [0.717, 1.165) is 5.75 Å². The van der Waals surface area contributed by atoms with E-state index in [4.69, 9.17) is 9.84 Å². The minimum Gasteiger partial charge on any atom is -0.481 e. The van der Waals surface area contributed by atoms with Gasteiger partial charge in [0.05, 0.1) is 17.8 Å². The van der Waals surface area contributed by atoms with Gasteiger partial charge in [-0.3, -0.25) is 9.59 Å². The summed E-state index contributed by atoms with van der Waals surface area (Å²) in [6.45, 7) is 3.50. The predicted molar refractivity (Wildman–Crippen MR) is 70.8 cm³/mol. The van der Waals surface area contributed by atoms with Gasteiger partial charge in [0, 0.05) is 26.0 Å². The third kappa shape index (κ3) is 4.17. The highest BCUT2D eigenvalue weighted by Crippen LogP contribution is 2.31. The molecule has 0 atom stereocenters. The third-order valence-electron chi connectivity index (χ3n) is 3.39. The number of ether oxygens (including phenoxy) is 1. The molecule has 0 saturated carbocycles. The number of carboxylic acids is 1. The van der Waals surface area contributed by atoms with E-state index >= 15 is 0 Å². The largest absolute Gasteiger partial charge is 0.481 e. The number of piperidine rings is 1. The fraction of sp³-hybridized carbons (Fsp3) is 0.833. The van der Waals surface area contributed by atoms with Gasteiger partial charge in [-0.25, -0.2) is 0 Å². The Hall–Kier alpha value is -0.750. The number of rotatable bonds is 6. The maximum atomic E-state index is 11.9. The van der Waals surface area contributed by atoms with Crippen molar-refractivity contribution in [2.24, 2.45) is 5.41 Å². The maximum absolute atomic E-state index is 11.9. The Morgan fingerprint density at radius 3 is 2.50 bits per heavy atom. The highest BCUT2D eigenvalue weighted by Gasteiger charge is 2.37. The standard InChI is InChI=1S/C12H21NO4S/c1-12(11(15)16)3-5-13(6-4-12)10(14)9-18-8-7-17-2/h3-9H2,1-2H3,(H,15,16). The van der Waals surface area contributed by atoms with Crippen LogP contribution in [0.1, 0.15) is 19.8 Å². The van der Waals surface area contributed by atoms with Gasteiger partial charge < -0.3 is 14.7 Å². The lowest BCUT2D eigenvalue weighted by Gasteiger charge is -2.36. The highest BCUT2D eigenvalue weighted by molar-refractivity contribution is 7.99. The van der Waals surface area contributed by atoms with Crippen LogP contribution in [-0.2, 0) is 14.3 Å². The van der Waals surface area contributed by atoms with E-state index in [0.29, 0.717) is 38.3 Å². The summed E-state index contributed by atoms with van der Waals surface area (Å²) in [5, 5.41) is 9.10. The summed E-state index contributed by atoms with van der Waals surface area (Å²) in [4.78, 5) is 24.7. The Balaban J connectivity index is 2.30. The van der Waals surface area contributed by atoms with E-state index in [1.54, 1.807) is 30.7 Å². The number of hydrogen-bond acceptors (Lipinski definition) is 4. The molecule has 1 N–H and O–H groups in total. The SMILES string of the molecule is COCCSCC(=O)N1CCC(C)(C(=O)O)CC1. The van der Waals surface area contributed by atoms with Gasteiger partial charge in [0.15, 0.2) is 0 Å². The Labute approximate surface area is 112 Å². The van der Waals surface area contributed by atoms with Crippen LogP contribution in [0.3, 0.4) is 0 Å². The second-order valence-corrected chi connectivity index (χ2v) is 5.90. The van der Waals surface area contributed by atoms with Gasteiger partial charge in [0.2, 0.25) is 5.91 Å². The van der Waals surface area contributed by atoms with E-state index in [-0.39, 0.29) is 5.91 Å². The summed E-state index contributed by atoms with van der Waals surface area (Å²) in [5.41, 5.74) is -0.667. The van der Waals surface area contributed by atoms with Crippen molar-refractivity contribution >= 4 is 23.6 Å². The van der Waals surface area contributed by atoms with Gasteiger partial charge in [-0.15, -0.1) is 11.8 Å². The van der Waals surface area contributed by atoms with E-state index in [2.05, 4.69) is 0 Å². The monoisotopic (exact) mass is 275 g/mol. The molecule has 0 bridgehead atoms. The lowest BCUT2D eigenvalue weighted by atomic mass is 9.80. The first-order chi connectivity index (χ1) is 8.49. The van der Waals surface area contributed by atoms with Crippen LogP contribution in [0.2, 0.25) is 0 Å². The quantitative estimate of drug-likeness (QED) is 0.735. The van der Waals surface area contributed by atoms with Crippen molar-refractivity contribution in [1.29, 1.82) is 0 Å². The Morgan fingerprint density at radius 1 is 1.39 bits per heavy atom. The summed E-state index contributed by atoms with van der Waals surface area (Å²) in [5.74, 6) is 0.600. The van der Waals surface area contributed by atoms with Crippen LogP contribution in [0.25, 0.3) is 0 Å². The minimum absolute atomic E-state index is 0.101. The number of amides is 1. The fourth-order valence-electron chi connectivity index (χ4n) is 1.86. The van der Waals surface area contributed by atoms with Gasteiger partial charge in [0.25, 0.3) is 0 Å². The molecule has 1 amide bonds. The van der Waals surface area contributed by atoms with Crippen molar-refractivity contribution in [1.82, 2.24) is 4.90 Å². The average Bonchev–Trinajstić information content (AvgIpc) is 2.35. The molecule has 1 rings (SSSR count). The zero-order chi connectivity index (χ0) is 13.6. The van der Waals surface area contributed by atoms with Crippen molar-refractivity contribution < 1.29 is 19.4 Å². The van der Waals surface area contributed by atoms with Crippen LogP contribution in [0.4, 0.5) is 0 Å². The van der Waals surface area contributed by atoms with Gasteiger partial charge >= 0.3 is 5.97 Å². The van der Waals surface area contributed by atoms with Crippen LogP contribution >= 0.6 is 11.8 Å². The maximum Gasteiger partial charge on any atom is 0.309 e. The van der Waals surface area contributed by atoms with Crippen molar-refractivity contribution in [3.8, 4) is 0 Å². The highest BCUT2D eigenvalue weighted by atomic mass is 32.2. The second kappa shape index (κ2) is 6.99. The number of hydrogen-bond donors (Lipinski definition) is 1. The normalized spacial score (nSPS) is 18.7. The molecule has 18 heavy (non-hydrogen) atoms. The number of nitrogens with zero attached hydrogens (tertiary/aromatic N) is 1. The molecule has 0 aromatic carbocycles. The number of carboxylic acid groups (broad SMARTS) is 1. The number of carbonyl (C=O) groups excluding carboxylic acids is 1. The first-order valence-corrected chi connectivity index (χ1v) is 7.23. The molecule has 1 fully saturated rings. The number of aliphatic carboxylic acids is 1. The lowest BCUT2D eigenvalue weighted by molar-refractivity contribution is -0.152. The molecule has 5 nitrogen and oxygen atoms in total. The molecule has 0 aromatic rings. The molecule has 0 aromatic heterocycles.